The van der Waals surface area contributed by atoms with Crippen molar-refractivity contribution >= 4 is 11.7 Å². The number of aliphatic hydroxyl groups excluding tert-OH is 2. The summed E-state index contributed by atoms with van der Waals surface area (Å²) >= 11 is 0. The number of hydrogen-bond donors (Lipinski definition) is 3. The van der Waals surface area contributed by atoms with E-state index in [0.29, 0.717) is 0 Å². The molecule has 6 nitrogen and oxygen atoms in total. The van der Waals surface area contributed by atoms with Crippen LogP contribution >= 0.6 is 0 Å². The summed E-state index contributed by atoms with van der Waals surface area (Å²) in [4.78, 5) is 11.8. The van der Waals surface area contributed by atoms with Crippen molar-refractivity contribution in [3.8, 4) is 0 Å². The molecule has 2 aromatic rings. The van der Waals surface area contributed by atoms with Crippen LogP contribution in [-0.4, -0.2) is 38.6 Å². The fourth-order valence-electron chi connectivity index (χ4n) is 2.02. The van der Waals surface area contributed by atoms with Crippen LogP contribution in [0.25, 0.3) is 0 Å². The SMILES string of the molecule is O=C(CCc1c(F)cccc1F)Nc1ccn(C[C@@H](O)CO)n1. The molecular weight excluding hydrogens is 308 g/mol. The lowest BCUT2D eigenvalue weighted by Gasteiger charge is -2.07. The molecule has 0 spiro atoms. The second-order valence-corrected chi connectivity index (χ2v) is 5.01. The quantitative estimate of drug-likeness (QED) is 0.711. The van der Waals surface area contributed by atoms with E-state index in [1.54, 1.807) is 0 Å². The summed E-state index contributed by atoms with van der Waals surface area (Å²) in [6, 6.07) is 5.07. The Labute approximate surface area is 131 Å². The standard InChI is InChI=1S/C15H17F2N3O3/c16-12-2-1-3-13(17)11(12)4-5-15(23)18-14-6-7-20(19-14)8-10(22)9-21/h1-3,6-7,10,21-22H,4-5,8-9H2,(H,18,19,23)/t10-/m1/s1. The van der Waals surface area contributed by atoms with Gasteiger partial charge in [0.25, 0.3) is 0 Å². The number of amides is 1. The minimum Gasteiger partial charge on any atom is -0.394 e. The summed E-state index contributed by atoms with van der Waals surface area (Å²) in [5.74, 6) is -1.53. The van der Waals surface area contributed by atoms with Gasteiger partial charge in [-0.15, -0.1) is 0 Å². The highest BCUT2D eigenvalue weighted by molar-refractivity contribution is 5.89. The Morgan fingerprint density at radius 2 is 2.00 bits per heavy atom. The first-order valence-corrected chi connectivity index (χ1v) is 7.04. The highest BCUT2D eigenvalue weighted by atomic mass is 19.1. The van der Waals surface area contributed by atoms with Crippen molar-refractivity contribution in [1.29, 1.82) is 0 Å². The van der Waals surface area contributed by atoms with Gasteiger partial charge in [0, 0.05) is 24.2 Å². The lowest BCUT2D eigenvalue weighted by Crippen LogP contribution is -2.20. The van der Waals surface area contributed by atoms with Crippen molar-refractivity contribution in [2.75, 3.05) is 11.9 Å². The van der Waals surface area contributed by atoms with E-state index in [-0.39, 0.29) is 30.8 Å². The zero-order valence-electron chi connectivity index (χ0n) is 12.2. The van der Waals surface area contributed by atoms with Crippen molar-refractivity contribution in [2.24, 2.45) is 0 Å². The van der Waals surface area contributed by atoms with E-state index < -0.39 is 30.3 Å². The number of aliphatic hydroxyl groups is 2. The molecule has 0 unspecified atom stereocenters. The number of carbonyl (C=O) groups is 1. The first-order valence-electron chi connectivity index (χ1n) is 7.04. The molecule has 23 heavy (non-hydrogen) atoms. The van der Waals surface area contributed by atoms with Crippen molar-refractivity contribution < 1.29 is 23.8 Å². The van der Waals surface area contributed by atoms with Crippen LogP contribution in [0.3, 0.4) is 0 Å². The molecule has 0 saturated carbocycles. The van der Waals surface area contributed by atoms with E-state index in [2.05, 4.69) is 10.4 Å². The fraction of sp³-hybridized carbons (Fsp3) is 0.333. The summed E-state index contributed by atoms with van der Waals surface area (Å²) in [6.07, 6.45) is 0.436. The maximum Gasteiger partial charge on any atom is 0.225 e. The van der Waals surface area contributed by atoms with Gasteiger partial charge in [0.15, 0.2) is 5.82 Å². The third-order valence-corrected chi connectivity index (χ3v) is 3.18. The monoisotopic (exact) mass is 325 g/mol. The second-order valence-electron chi connectivity index (χ2n) is 5.01. The van der Waals surface area contributed by atoms with Crippen molar-refractivity contribution in [1.82, 2.24) is 9.78 Å². The molecule has 1 aromatic heterocycles. The highest BCUT2D eigenvalue weighted by Gasteiger charge is 2.12. The molecule has 0 aliphatic heterocycles. The van der Waals surface area contributed by atoms with Crippen LogP contribution in [0.2, 0.25) is 0 Å². The Morgan fingerprint density at radius 1 is 1.30 bits per heavy atom. The Bertz CT molecular complexity index is 655. The van der Waals surface area contributed by atoms with E-state index in [0.717, 1.165) is 12.1 Å². The molecule has 1 heterocycles. The fourth-order valence-corrected chi connectivity index (χ4v) is 2.02. The lowest BCUT2D eigenvalue weighted by atomic mass is 10.1. The third-order valence-electron chi connectivity index (χ3n) is 3.18. The van der Waals surface area contributed by atoms with Crippen molar-refractivity contribution in [3.05, 3.63) is 47.7 Å². The first kappa shape index (κ1) is 17.0. The summed E-state index contributed by atoms with van der Waals surface area (Å²) in [6.45, 7) is -0.303. The maximum absolute atomic E-state index is 13.5. The summed E-state index contributed by atoms with van der Waals surface area (Å²) in [7, 11) is 0. The molecule has 0 radical (unpaired) electrons. The molecule has 0 aliphatic carbocycles. The molecule has 0 aliphatic rings. The number of nitrogens with zero attached hydrogens (tertiary/aromatic N) is 2. The largest absolute Gasteiger partial charge is 0.394 e. The molecule has 0 saturated heterocycles. The van der Waals surface area contributed by atoms with Gasteiger partial charge in [-0.3, -0.25) is 9.48 Å². The number of rotatable bonds is 7. The van der Waals surface area contributed by atoms with Gasteiger partial charge in [0.05, 0.1) is 19.3 Å². The van der Waals surface area contributed by atoms with Gasteiger partial charge < -0.3 is 15.5 Å². The Morgan fingerprint density at radius 3 is 2.65 bits per heavy atom. The third kappa shape index (κ3) is 4.83. The molecular formula is C15H17F2N3O3. The summed E-state index contributed by atoms with van der Waals surface area (Å²) in [5.41, 5.74) is -0.126. The van der Waals surface area contributed by atoms with Crippen molar-refractivity contribution in [2.45, 2.75) is 25.5 Å². The number of halogens is 2. The van der Waals surface area contributed by atoms with Gasteiger partial charge in [-0.2, -0.15) is 5.10 Å². The second kappa shape index (κ2) is 7.80. The van der Waals surface area contributed by atoms with Crippen molar-refractivity contribution in [3.63, 3.8) is 0 Å². The smallest absolute Gasteiger partial charge is 0.225 e. The number of nitrogens with one attached hydrogen (secondary N) is 1. The first-order chi connectivity index (χ1) is 11.0. The Hall–Kier alpha value is -2.32. The van der Waals surface area contributed by atoms with E-state index in [1.807, 2.05) is 0 Å². The van der Waals surface area contributed by atoms with Crippen LogP contribution < -0.4 is 5.32 Å². The van der Waals surface area contributed by atoms with Crippen LogP contribution in [-0.2, 0) is 17.8 Å². The number of anilines is 1. The molecule has 0 bridgehead atoms. The van der Waals surface area contributed by atoms with Gasteiger partial charge in [-0.25, -0.2) is 8.78 Å². The molecule has 1 amide bonds. The van der Waals surface area contributed by atoms with E-state index in [1.165, 1.54) is 23.0 Å². The van der Waals surface area contributed by atoms with E-state index >= 15 is 0 Å². The molecule has 0 fully saturated rings. The lowest BCUT2D eigenvalue weighted by molar-refractivity contribution is -0.116. The predicted molar refractivity (Wildman–Crippen MR) is 78.6 cm³/mol. The molecule has 124 valence electrons. The summed E-state index contributed by atoms with van der Waals surface area (Å²) < 4.78 is 28.3. The van der Waals surface area contributed by atoms with Gasteiger partial charge in [0.2, 0.25) is 5.91 Å². The average Bonchev–Trinajstić information content (AvgIpc) is 2.93. The van der Waals surface area contributed by atoms with Gasteiger partial charge >= 0.3 is 0 Å². The number of benzene rings is 1. The minimum atomic E-state index is -0.942. The number of aromatic nitrogens is 2. The van der Waals surface area contributed by atoms with Crippen LogP contribution in [0.4, 0.5) is 14.6 Å². The minimum absolute atomic E-state index is 0.0612. The van der Waals surface area contributed by atoms with Crippen LogP contribution in [0, 0.1) is 11.6 Å². The predicted octanol–water partition coefficient (Wildman–Crippen LogP) is 1.09. The number of carbonyl (C=O) groups excluding carboxylic acids is 1. The maximum atomic E-state index is 13.5. The molecule has 3 N–H and O–H groups in total. The van der Waals surface area contributed by atoms with E-state index in [4.69, 9.17) is 5.11 Å². The number of hydrogen-bond acceptors (Lipinski definition) is 4. The van der Waals surface area contributed by atoms with E-state index in [9.17, 15) is 18.7 Å². The van der Waals surface area contributed by atoms with Crippen LogP contribution in [0.1, 0.15) is 12.0 Å². The van der Waals surface area contributed by atoms with Crippen LogP contribution in [0.5, 0.6) is 0 Å². The van der Waals surface area contributed by atoms with Gasteiger partial charge in [0.1, 0.15) is 11.6 Å². The van der Waals surface area contributed by atoms with Gasteiger partial charge in [-0.1, -0.05) is 6.07 Å². The molecule has 1 atom stereocenters. The molecule has 1 aromatic carbocycles. The van der Waals surface area contributed by atoms with Crippen LogP contribution in [0.15, 0.2) is 30.5 Å². The van der Waals surface area contributed by atoms with Gasteiger partial charge in [-0.05, 0) is 18.6 Å². The molecule has 8 heteroatoms. The topological polar surface area (TPSA) is 87.4 Å². The highest BCUT2D eigenvalue weighted by Crippen LogP contribution is 2.14. The Kier molecular flexibility index (Phi) is 5.78. The normalized spacial score (nSPS) is 12.2. The zero-order chi connectivity index (χ0) is 16.8. The Balaban J connectivity index is 1.88. The average molecular weight is 325 g/mol. The summed E-state index contributed by atoms with van der Waals surface area (Å²) in [5, 5.41) is 24.5. The zero-order valence-corrected chi connectivity index (χ0v) is 12.2. The molecule has 2 rings (SSSR count).